The Morgan fingerprint density at radius 2 is 1.83 bits per heavy atom. The van der Waals surface area contributed by atoms with Crippen LogP contribution in [0.15, 0.2) is 29.2 Å². The average molecular weight is 351 g/mol. The third kappa shape index (κ3) is 6.02. The minimum atomic E-state index is -0.459. The summed E-state index contributed by atoms with van der Waals surface area (Å²) in [4.78, 5) is 13.2. The lowest BCUT2D eigenvalue weighted by molar-refractivity contribution is 0.0509. The van der Waals surface area contributed by atoms with Gasteiger partial charge in [-0.15, -0.1) is 11.8 Å². The van der Waals surface area contributed by atoms with Gasteiger partial charge in [-0.2, -0.15) is 0 Å². The van der Waals surface area contributed by atoms with Crippen molar-refractivity contribution in [2.45, 2.75) is 69.0 Å². The van der Waals surface area contributed by atoms with Crippen LogP contribution in [0.1, 0.15) is 52.0 Å². The summed E-state index contributed by atoms with van der Waals surface area (Å²) in [5, 5.41) is 6.64. The summed E-state index contributed by atoms with van der Waals surface area (Å²) < 4.78 is 5.35. The molecule has 2 rings (SSSR count). The van der Waals surface area contributed by atoms with Gasteiger partial charge in [-0.3, -0.25) is 0 Å². The van der Waals surface area contributed by atoms with Crippen LogP contribution in [0.4, 0.5) is 4.79 Å². The summed E-state index contributed by atoms with van der Waals surface area (Å²) in [6.45, 7) is 7.09. The van der Waals surface area contributed by atoms with Crippen molar-refractivity contribution in [2.24, 2.45) is 0 Å². The molecule has 1 aliphatic carbocycles. The van der Waals surface area contributed by atoms with Crippen molar-refractivity contribution in [3.8, 4) is 0 Å². The van der Waals surface area contributed by atoms with Gasteiger partial charge < -0.3 is 15.4 Å². The highest BCUT2D eigenvalue weighted by Crippen LogP contribution is 2.29. The maximum absolute atomic E-state index is 11.9. The van der Waals surface area contributed by atoms with Crippen molar-refractivity contribution >= 4 is 17.9 Å². The van der Waals surface area contributed by atoms with Crippen molar-refractivity contribution in [1.29, 1.82) is 0 Å². The Balaban J connectivity index is 1.88. The topological polar surface area (TPSA) is 50.4 Å². The summed E-state index contributed by atoms with van der Waals surface area (Å²) in [5.41, 5.74) is 0.797. The highest BCUT2D eigenvalue weighted by molar-refractivity contribution is 7.98. The largest absolute Gasteiger partial charge is 0.444 e. The molecule has 1 amide bonds. The van der Waals surface area contributed by atoms with Crippen LogP contribution in [0.25, 0.3) is 0 Å². The molecule has 0 spiro atoms. The van der Waals surface area contributed by atoms with Gasteiger partial charge in [0, 0.05) is 23.5 Å². The molecule has 1 fully saturated rings. The first-order valence-electron chi connectivity index (χ1n) is 8.67. The zero-order chi connectivity index (χ0) is 17.6. The first kappa shape index (κ1) is 19.1. The molecule has 1 aliphatic rings. The van der Waals surface area contributed by atoms with Gasteiger partial charge >= 0.3 is 6.09 Å². The Bertz CT molecular complexity index is 531. The molecule has 0 unspecified atom stereocenters. The zero-order valence-corrected chi connectivity index (χ0v) is 16.1. The summed E-state index contributed by atoms with van der Waals surface area (Å²) >= 11 is 1.75. The van der Waals surface area contributed by atoms with Gasteiger partial charge in [0.1, 0.15) is 5.60 Å². The van der Waals surface area contributed by atoms with E-state index in [1.54, 1.807) is 11.8 Å². The smallest absolute Gasteiger partial charge is 0.407 e. The highest BCUT2D eigenvalue weighted by atomic mass is 32.2. The Morgan fingerprint density at radius 3 is 2.38 bits per heavy atom. The molecule has 0 atom stereocenters. The third-order valence-corrected chi connectivity index (χ3v) is 5.10. The maximum atomic E-state index is 11.9. The lowest BCUT2D eigenvalue weighted by Crippen LogP contribution is -2.52. The molecule has 0 heterocycles. The number of benzene rings is 1. The van der Waals surface area contributed by atoms with Crippen molar-refractivity contribution in [2.75, 3.05) is 12.8 Å². The molecule has 1 aromatic rings. The molecule has 1 aromatic carbocycles. The minimum absolute atomic E-state index is 0.0188. The predicted molar refractivity (Wildman–Crippen MR) is 100 cm³/mol. The molecule has 1 saturated carbocycles. The fourth-order valence-corrected chi connectivity index (χ4v) is 3.46. The van der Waals surface area contributed by atoms with E-state index in [1.807, 2.05) is 20.8 Å². The standard InChI is InChI=1S/C19H30N2O2S/c1-18(2,3)23-17(22)20-14-19(11-5-6-12-19)21-13-15-7-9-16(24-4)10-8-15/h7-10,21H,5-6,11-14H2,1-4H3,(H,20,22). The predicted octanol–water partition coefficient (Wildman–Crippen LogP) is 4.34. The minimum Gasteiger partial charge on any atom is -0.444 e. The monoisotopic (exact) mass is 350 g/mol. The molecule has 0 aliphatic heterocycles. The first-order chi connectivity index (χ1) is 11.3. The number of nitrogens with one attached hydrogen (secondary N) is 2. The summed E-state index contributed by atoms with van der Waals surface area (Å²) in [6.07, 6.45) is 6.34. The molecular formula is C19H30N2O2S. The van der Waals surface area contributed by atoms with Crippen LogP contribution >= 0.6 is 11.8 Å². The summed E-state index contributed by atoms with van der Waals surface area (Å²) in [6, 6.07) is 8.65. The second kappa shape index (κ2) is 8.26. The SMILES string of the molecule is CSc1ccc(CNC2(CNC(=O)OC(C)(C)C)CCCC2)cc1. The maximum Gasteiger partial charge on any atom is 0.407 e. The van der Waals surface area contributed by atoms with E-state index in [1.165, 1.54) is 23.3 Å². The van der Waals surface area contributed by atoms with Crippen LogP contribution in [-0.2, 0) is 11.3 Å². The van der Waals surface area contributed by atoms with Crippen LogP contribution in [-0.4, -0.2) is 30.0 Å². The second-order valence-corrected chi connectivity index (χ2v) is 8.42. The molecule has 0 bridgehead atoms. The number of alkyl carbamates (subject to hydrolysis) is 1. The van der Waals surface area contributed by atoms with E-state index >= 15 is 0 Å². The Hall–Kier alpha value is -1.20. The van der Waals surface area contributed by atoms with Crippen LogP contribution in [0.5, 0.6) is 0 Å². The number of ether oxygens (including phenoxy) is 1. The molecule has 5 heteroatoms. The number of rotatable bonds is 6. The molecular weight excluding hydrogens is 320 g/mol. The molecule has 0 aromatic heterocycles. The van der Waals surface area contributed by atoms with Gasteiger partial charge in [-0.05, 0) is 57.6 Å². The molecule has 134 valence electrons. The second-order valence-electron chi connectivity index (χ2n) is 7.54. The lowest BCUT2D eigenvalue weighted by atomic mass is 9.97. The van der Waals surface area contributed by atoms with E-state index in [2.05, 4.69) is 41.2 Å². The van der Waals surface area contributed by atoms with Gasteiger partial charge in [0.25, 0.3) is 0 Å². The Kier molecular flexibility index (Phi) is 6.58. The molecule has 24 heavy (non-hydrogen) atoms. The first-order valence-corrected chi connectivity index (χ1v) is 9.89. The number of hydrogen-bond donors (Lipinski definition) is 2. The Morgan fingerprint density at radius 1 is 1.21 bits per heavy atom. The highest BCUT2D eigenvalue weighted by Gasteiger charge is 2.34. The summed E-state index contributed by atoms with van der Waals surface area (Å²) in [5.74, 6) is 0. The average Bonchev–Trinajstić information content (AvgIpc) is 2.99. The zero-order valence-electron chi connectivity index (χ0n) is 15.3. The number of carbonyl (C=O) groups is 1. The lowest BCUT2D eigenvalue weighted by Gasteiger charge is -2.31. The van der Waals surface area contributed by atoms with E-state index in [0.717, 1.165) is 19.4 Å². The van der Waals surface area contributed by atoms with Crippen molar-refractivity contribution in [3.05, 3.63) is 29.8 Å². The number of amides is 1. The fourth-order valence-electron chi connectivity index (χ4n) is 3.06. The van der Waals surface area contributed by atoms with E-state index in [-0.39, 0.29) is 11.6 Å². The van der Waals surface area contributed by atoms with Crippen LogP contribution < -0.4 is 10.6 Å². The normalized spacial score (nSPS) is 16.8. The molecule has 0 saturated heterocycles. The quantitative estimate of drug-likeness (QED) is 0.750. The van der Waals surface area contributed by atoms with Gasteiger partial charge in [-0.1, -0.05) is 25.0 Å². The molecule has 0 radical (unpaired) electrons. The van der Waals surface area contributed by atoms with Gasteiger partial charge in [-0.25, -0.2) is 4.79 Å². The fraction of sp³-hybridized carbons (Fsp3) is 0.632. The number of carbonyl (C=O) groups excluding carboxylic acids is 1. The summed E-state index contributed by atoms with van der Waals surface area (Å²) in [7, 11) is 0. The van der Waals surface area contributed by atoms with Crippen molar-refractivity contribution in [3.63, 3.8) is 0 Å². The number of hydrogen-bond acceptors (Lipinski definition) is 4. The van der Waals surface area contributed by atoms with Crippen LogP contribution in [0.2, 0.25) is 0 Å². The van der Waals surface area contributed by atoms with E-state index in [0.29, 0.717) is 6.54 Å². The third-order valence-electron chi connectivity index (χ3n) is 4.36. The molecule has 4 nitrogen and oxygen atoms in total. The molecule has 2 N–H and O–H groups in total. The Labute approximate surface area is 150 Å². The number of thioether (sulfide) groups is 1. The van der Waals surface area contributed by atoms with Crippen LogP contribution in [0, 0.1) is 0 Å². The van der Waals surface area contributed by atoms with E-state index in [9.17, 15) is 4.79 Å². The van der Waals surface area contributed by atoms with Crippen molar-refractivity contribution in [1.82, 2.24) is 10.6 Å². The van der Waals surface area contributed by atoms with E-state index in [4.69, 9.17) is 4.74 Å². The van der Waals surface area contributed by atoms with Crippen molar-refractivity contribution < 1.29 is 9.53 Å². The van der Waals surface area contributed by atoms with Gasteiger partial charge in [0.05, 0.1) is 0 Å². The van der Waals surface area contributed by atoms with Gasteiger partial charge in [0.15, 0.2) is 0 Å². The van der Waals surface area contributed by atoms with Gasteiger partial charge in [0.2, 0.25) is 0 Å². The van der Waals surface area contributed by atoms with Crippen LogP contribution in [0.3, 0.4) is 0 Å². The van der Waals surface area contributed by atoms with E-state index < -0.39 is 5.60 Å².